The first-order valence-electron chi connectivity index (χ1n) is 12.3. The van der Waals surface area contributed by atoms with Gasteiger partial charge in [-0.1, -0.05) is 63.9 Å². The van der Waals surface area contributed by atoms with Gasteiger partial charge in [0.15, 0.2) is 18.1 Å². The number of amides is 1. The van der Waals surface area contributed by atoms with E-state index in [0.29, 0.717) is 43.9 Å². The van der Waals surface area contributed by atoms with Gasteiger partial charge in [0.1, 0.15) is 5.82 Å². The van der Waals surface area contributed by atoms with Gasteiger partial charge in [-0.15, -0.1) is 0 Å². The van der Waals surface area contributed by atoms with E-state index in [2.05, 4.69) is 42.3 Å². The molecule has 4 rings (SSSR count). The standard InChI is InChI=1S/C29H28Br2N4O4/c1-5-17(2)28-34-24-11-10-20(30)13-22(24)29(37)35(28)32-15-19-12-21(31)14-25(38-4)27(19)39-16-26(36)33-23-9-7-6-8-18(23)3/h6-15,17H,5,16H2,1-4H3,(H,33,36)/t17-/m0/s1. The zero-order valence-corrected chi connectivity index (χ0v) is 25.2. The quantitative estimate of drug-likeness (QED) is 0.204. The fraction of sp³-hybridized carbons (Fsp3) is 0.241. The molecule has 0 unspecified atom stereocenters. The minimum Gasteiger partial charge on any atom is -0.493 e. The second kappa shape index (κ2) is 12.6. The third-order valence-corrected chi connectivity index (χ3v) is 7.18. The third-order valence-electron chi connectivity index (χ3n) is 6.23. The van der Waals surface area contributed by atoms with E-state index >= 15 is 0 Å². The number of nitrogens with zero attached hydrogens (tertiary/aromatic N) is 3. The number of rotatable bonds is 9. The number of carbonyl (C=O) groups excluding carboxylic acids is 1. The molecule has 0 spiro atoms. The number of aryl methyl sites for hydroxylation is 1. The van der Waals surface area contributed by atoms with Crippen molar-refractivity contribution < 1.29 is 14.3 Å². The van der Waals surface area contributed by atoms with Crippen LogP contribution in [0, 0.1) is 6.92 Å². The number of aromatic nitrogens is 2. The molecule has 10 heteroatoms. The molecule has 0 aliphatic heterocycles. The molecule has 0 aliphatic rings. The summed E-state index contributed by atoms with van der Waals surface area (Å²) in [4.78, 5) is 30.9. The van der Waals surface area contributed by atoms with Gasteiger partial charge in [0.25, 0.3) is 11.5 Å². The summed E-state index contributed by atoms with van der Waals surface area (Å²) in [6.07, 6.45) is 2.29. The Morgan fingerprint density at radius 3 is 2.64 bits per heavy atom. The topological polar surface area (TPSA) is 94.8 Å². The number of ether oxygens (including phenoxy) is 2. The normalized spacial score (nSPS) is 12.1. The monoisotopic (exact) mass is 654 g/mol. The predicted octanol–water partition coefficient (Wildman–Crippen LogP) is 6.65. The summed E-state index contributed by atoms with van der Waals surface area (Å²) >= 11 is 6.92. The van der Waals surface area contributed by atoms with Crippen molar-refractivity contribution in [2.24, 2.45) is 5.10 Å². The highest BCUT2D eigenvalue weighted by molar-refractivity contribution is 9.10. The molecule has 4 aromatic rings. The highest BCUT2D eigenvalue weighted by Crippen LogP contribution is 2.34. The van der Waals surface area contributed by atoms with Crippen LogP contribution in [0.3, 0.4) is 0 Å². The molecule has 0 bridgehead atoms. The van der Waals surface area contributed by atoms with Crippen molar-refractivity contribution >= 4 is 60.6 Å². The van der Waals surface area contributed by atoms with Crippen LogP contribution in [-0.4, -0.2) is 35.5 Å². The summed E-state index contributed by atoms with van der Waals surface area (Å²) < 4.78 is 14.3. The Labute approximate surface area is 243 Å². The molecule has 1 heterocycles. The van der Waals surface area contributed by atoms with Gasteiger partial charge in [-0.05, 0) is 55.3 Å². The number of anilines is 1. The molecule has 1 atom stereocenters. The molecule has 0 radical (unpaired) electrons. The molecule has 1 aromatic heterocycles. The van der Waals surface area contributed by atoms with Crippen molar-refractivity contribution in [2.45, 2.75) is 33.1 Å². The fourth-order valence-electron chi connectivity index (χ4n) is 3.93. The Balaban J connectivity index is 1.71. The average molecular weight is 656 g/mol. The molecule has 1 N–H and O–H groups in total. The van der Waals surface area contributed by atoms with Gasteiger partial charge in [-0.25, -0.2) is 4.98 Å². The lowest BCUT2D eigenvalue weighted by atomic mass is 10.1. The van der Waals surface area contributed by atoms with E-state index in [-0.39, 0.29) is 24.0 Å². The maximum atomic E-state index is 13.5. The summed E-state index contributed by atoms with van der Waals surface area (Å²) in [6, 6.07) is 16.4. The van der Waals surface area contributed by atoms with E-state index in [0.717, 1.165) is 16.5 Å². The summed E-state index contributed by atoms with van der Waals surface area (Å²) in [6.45, 7) is 5.70. The van der Waals surface area contributed by atoms with Crippen molar-refractivity contribution in [3.63, 3.8) is 0 Å². The van der Waals surface area contributed by atoms with Crippen molar-refractivity contribution in [1.82, 2.24) is 9.66 Å². The van der Waals surface area contributed by atoms with Crippen LogP contribution in [-0.2, 0) is 4.79 Å². The SMILES string of the molecule is CC[C@H](C)c1nc2ccc(Br)cc2c(=O)n1N=Cc1cc(Br)cc(OC)c1OCC(=O)Nc1ccccc1C. The Kier molecular flexibility index (Phi) is 9.19. The van der Waals surface area contributed by atoms with Crippen LogP contribution in [0.2, 0.25) is 0 Å². The number of para-hydroxylation sites is 1. The first-order chi connectivity index (χ1) is 18.7. The van der Waals surface area contributed by atoms with Gasteiger partial charge in [-0.3, -0.25) is 9.59 Å². The van der Waals surface area contributed by atoms with Gasteiger partial charge in [-0.2, -0.15) is 9.78 Å². The summed E-state index contributed by atoms with van der Waals surface area (Å²) in [5.41, 5.74) is 2.50. The summed E-state index contributed by atoms with van der Waals surface area (Å²) in [5.74, 6) is 0.941. The number of halogens is 2. The first kappa shape index (κ1) is 28.5. The highest BCUT2D eigenvalue weighted by Gasteiger charge is 2.18. The number of carbonyl (C=O) groups is 1. The van der Waals surface area contributed by atoms with Crippen LogP contribution in [0.1, 0.15) is 43.1 Å². The zero-order chi connectivity index (χ0) is 28.1. The lowest BCUT2D eigenvalue weighted by molar-refractivity contribution is -0.118. The molecular weight excluding hydrogens is 628 g/mol. The molecule has 0 saturated carbocycles. The fourth-order valence-corrected chi connectivity index (χ4v) is 4.74. The maximum Gasteiger partial charge on any atom is 0.282 e. The largest absolute Gasteiger partial charge is 0.493 e. The van der Waals surface area contributed by atoms with Crippen molar-refractivity contribution in [2.75, 3.05) is 19.0 Å². The maximum absolute atomic E-state index is 13.5. The van der Waals surface area contributed by atoms with E-state index in [1.54, 1.807) is 18.2 Å². The van der Waals surface area contributed by atoms with Crippen molar-refractivity contribution in [3.05, 3.63) is 90.8 Å². The molecule has 0 saturated heterocycles. The minimum absolute atomic E-state index is 0.0131. The molecular formula is C29H28Br2N4O4. The predicted molar refractivity (Wildman–Crippen MR) is 161 cm³/mol. The number of fused-ring (bicyclic) bond motifs is 1. The van der Waals surface area contributed by atoms with Crippen LogP contribution in [0.15, 0.2) is 73.4 Å². The van der Waals surface area contributed by atoms with Gasteiger partial charge < -0.3 is 14.8 Å². The van der Waals surface area contributed by atoms with Gasteiger partial charge in [0, 0.05) is 26.1 Å². The molecule has 1 amide bonds. The Bertz CT molecular complexity index is 1620. The molecule has 0 fully saturated rings. The van der Waals surface area contributed by atoms with Crippen LogP contribution in [0.4, 0.5) is 5.69 Å². The lowest BCUT2D eigenvalue weighted by Gasteiger charge is -2.16. The highest BCUT2D eigenvalue weighted by atomic mass is 79.9. The van der Waals surface area contributed by atoms with Crippen molar-refractivity contribution in [1.29, 1.82) is 0 Å². The van der Waals surface area contributed by atoms with Gasteiger partial charge >= 0.3 is 0 Å². The van der Waals surface area contributed by atoms with E-state index in [1.165, 1.54) is 18.0 Å². The second-order valence-corrected chi connectivity index (χ2v) is 10.8. The summed E-state index contributed by atoms with van der Waals surface area (Å²) in [7, 11) is 1.51. The molecule has 0 aliphatic carbocycles. The molecule has 202 valence electrons. The number of nitrogens with one attached hydrogen (secondary N) is 1. The Morgan fingerprint density at radius 1 is 1.15 bits per heavy atom. The van der Waals surface area contributed by atoms with E-state index in [4.69, 9.17) is 14.5 Å². The van der Waals surface area contributed by atoms with Crippen LogP contribution in [0.5, 0.6) is 11.5 Å². The van der Waals surface area contributed by atoms with E-state index in [9.17, 15) is 9.59 Å². The molecule has 3 aromatic carbocycles. The first-order valence-corrected chi connectivity index (χ1v) is 13.9. The number of benzene rings is 3. The number of hydrogen-bond acceptors (Lipinski definition) is 6. The average Bonchev–Trinajstić information content (AvgIpc) is 2.92. The van der Waals surface area contributed by atoms with Crippen molar-refractivity contribution in [3.8, 4) is 11.5 Å². The van der Waals surface area contributed by atoms with E-state index in [1.807, 2.05) is 57.2 Å². The Hall–Kier alpha value is -3.50. The van der Waals surface area contributed by atoms with Crippen LogP contribution in [0.25, 0.3) is 10.9 Å². The smallest absolute Gasteiger partial charge is 0.282 e. The van der Waals surface area contributed by atoms with Crippen LogP contribution < -0.4 is 20.3 Å². The van der Waals surface area contributed by atoms with Gasteiger partial charge in [0.2, 0.25) is 0 Å². The third kappa shape index (κ3) is 6.57. The van der Waals surface area contributed by atoms with E-state index < -0.39 is 0 Å². The number of hydrogen-bond donors (Lipinski definition) is 1. The van der Waals surface area contributed by atoms with Crippen LogP contribution >= 0.6 is 31.9 Å². The zero-order valence-electron chi connectivity index (χ0n) is 22.0. The number of methoxy groups -OCH3 is 1. The second-order valence-electron chi connectivity index (χ2n) is 8.98. The minimum atomic E-state index is -0.322. The summed E-state index contributed by atoms with van der Waals surface area (Å²) in [5, 5.41) is 7.86. The van der Waals surface area contributed by atoms with Gasteiger partial charge in [0.05, 0.1) is 24.2 Å². The Morgan fingerprint density at radius 2 is 1.92 bits per heavy atom. The lowest BCUT2D eigenvalue weighted by Crippen LogP contribution is -2.24. The molecule has 8 nitrogen and oxygen atoms in total. The molecule has 39 heavy (non-hydrogen) atoms.